The van der Waals surface area contributed by atoms with Gasteiger partial charge in [0.25, 0.3) is 0 Å². The van der Waals surface area contributed by atoms with Crippen LogP contribution in [0, 0.1) is 13.8 Å². The number of nitrogens with one attached hydrogen (secondary N) is 1. The summed E-state index contributed by atoms with van der Waals surface area (Å²) in [6.07, 6.45) is 5.37. The van der Waals surface area contributed by atoms with E-state index in [1.165, 1.54) is 12.8 Å². The van der Waals surface area contributed by atoms with Crippen LogP contribution in [-0.2, 0) is 0 Å². The molecule has 1 fully saturated rings. The lowest BCUT2D eigenvalue weighted by Gasteiger charge is -2.34. The predicted octanol–water partition coefficient (Wildman–Crippen LogP) is 1.35. The normalized spacial score (nSPS) is 20.5. The van der Waals surface area contributed by atoms with Gasteiger partial charge in [-0.3, -0.25) is 9.88 Å². The molecular formula is C14H24N4O. The molecule has 5 nitrogen and oxygen atoms in total. The average Bonchev–Trinajstić information content (AvgIpc) is 2.43. The molecule has 106 valence electrons. The topological polar surface area (TPSA) is 61.3 Å². The number of anilines is 1. The van der Waals surface area contributed by atoms with Gasteiger partial charge in [0.05, 0.1) is 18.0 Å². The lowest BCUT2D eigenvalue weighted by Crippen LogP contribution is -2.44. The molecule has 0 aromatic carbocycles. The molecule has 0 radical (unpaired) electrons. The summed E-state index contributed by atoms with van der Waals surface area (Å²) in [7, 11) is 0. The van der Waals surface area contributed by atoms with Crippen molar-refractivity contribution in [1.29, 1.82) is 0 Å². The number of aliphatic hydroxyl groups excluding tert-OH is 1. The lowest BCUT2D eigenvalue weighted by molar-refractivity contribution is 0.0940. The number of aryl methyl sites for hydroxylation is 2. The van der Waals surface area contributed by atoms with Gasteiger partial charge >= 0.3 is 0 Å². The molecule has 0 spiro atoms. The summed E-state index contributed by atoms with van der Waals surface area (Å²) in [4.78, 5) is 11.1. The van der Waals surface area contributed by atoms with Gasteiger partial charge in [0, 0.05) is 25.3 Å². The Morgan fingerprint density at radius 3 is 3.05 bits per heavy atom. The van der Waals surface area contributed by atoms with E-state index in [1.807, 2.05) is 13.8 Å². The number of piperidine rings is 1. The molecule has 0 bridgehead atoms. The molecule has 2 rings (SSSR count). The minimum Gasteiger partial charge on any atom is -0.395 e. The Morgan fingerprint density at radius 2 is 2.26 bits per heavy atom. The summed E-state index contributed by atoms with van der Waals surface area (Å²) < 4.78 is 0. The number of rotatable bonds is 5. The lowest BCUT2D eigenvalue weighted by atomic mass is 10.0. The van der Waals surface area contributed by atoms with Crippen molar-refractivity contribution in [3.8, 4) is 0 Å². The van der Waals surface area contributed by atoms with Crippen molar-refractivity contribution in [3.05, 3.63) is 17.6 Å². The monoisotopic (exact) mass is 264 g/mol. The number of aromatic nitrogens is 2. The third kappa shape index (κ3) is 3.88. The van der Waals surface area contributed by atoms with Crippen LogP contribution in [0.1, 0.15) is 30.7 Å². The van der Waals surface area contributed by atoms with Gasteiger partial charge in [0.1, 0.15) is 5.82 Å². The van der Waals surface area contributed by atoms with Gasteiger partial charge in [-0.25, -0.2) is 4.98 Å². The summed E-state index contributed by atoms with van der Waals surface area (Å²) in [5.41, 5.74) is 1.86. The van der Waals surface area contributed by atoms with Crippen LogP contribution in [0.3, 0.4) is 0 Å². The Labute approximate surface area is 115 Å². The van der Waals surface area contributed by atoms with Crippen LogP contribution in [-0.4, -0.2) is 52.3 Å². The maximum atomic E-state index is 9.37. The minimum absolute atomic E-state index is 0.267. The van der Waals surface area contributed by atoms with Crippen LogP contribution >= 0.6 is 0 Å². The molecule has 19 heavy (non-hydrogen) atoms. The van der Waals surface area contributed by atoms with Crippen LogP contribution in [0.2, 0.25) is 0 Å². The highest BCUT2D eigenvalue weighted by Crippen LogP contribution is 2.16. The van der Waals surface area contributed by atoms with Crippen LogP contribution in [0.5, 0.6) is 0 Å². The predicted molar refractivity (Wildman–Crippen MR) is 76.3 cm³/mol. The molecule has 1 atom stereocenters. The molecule has 0 saturated carbocycles. The molecule has 1 aromatic heterocycles. The van der Waals surface area contributed by atoms with Crippen molar-refractivity contribution in [2.75, 3.05) is 31.6 Å². The molecule has 5 heteroatoms. The van der Waals surface area contributed by atoms with E-state index in [1.54, 1.807) is 6.20 Å². The van der Waals surface area contributed by atoms with Crippen molar-refractivity contribution in [2.24, 2.45) is 0 Å². The smallest absolute Gasteiger partial charge is 0.147 e. The second kappa shape index (κ2) is 6.82. The van der Waals surface area contributed by atoms with Crippen molar-refractivity contribution in [2.45, 2.75) is 39.2 Å². The molecule has 2 N–H and O–H groups in total. The zero-order valence-corrected chi connectivity index (χ0v) is 11.9. The third-order valence-electron chi connectivity index (χ3n) is 3.73. The van der Waals surface area contributed by atoms with Gasteiger partial charge in [0.2, 0.25) is 0 Å². The van der Waals surface area contributed by atoms with Gasteiger partial charge in [-0.2, -0.15) is 0 Å². The first-order chi connectivity index (χ1) is 9.20. The average molecular weight is 264 g/mol. The van der Waals surface area contributed by atoms with Crippen molar-refractivity contribution >= 4 is 5.82 Å². The standard InChI is InChI=1S/C14H24N4O/c1-11-9-16-12(2)14(17-11)15-6-8-18-7-4-3-5-13(18)10-19/h9,13,19H,3-8,10H2,1-2H3,(H,15,17). The summed E-state index contributed by atoms with van der Waals surface area (Å²) in [5, 5.41) is 12.7. The van der Waals surface area contributed by atoms with Crippen molar-refractivity contribution in [1.82, 2.24) is 14.9 Å². The quantitative estimate of drug-likeness (QED) is 0.840. The van der Waals surface area contributed by atoms with Crippen molar-refractivity contribution < 1.29 is 5.11 Å². The molecule has 1 aromatic rings. The second-order valence-corrected chi connectivity index (χ2v) is 5.24. The maximum Gasteiger partial charge on any atom is 0.147 e. The Bertz CT molecular complexity index is 410. The molecule has 2 heterocycles. The fraction of sp³-hybridized carbons (Fsp3) is 0.714. The summed E-state index contributed by atoms with van der Waals surface area (Å²) in [6.45, 7) is 7.06. The number of hydrogen-bond acceptors (Lipinski definition) is 5. The van der Waals surface area contributed by atoms with E-state index in [4.69, 9.17) is 0 Å². The van der Waals surface area contributed by atoms with E-state index >= 15 is 0 Å². The summed E-state index contributed by atoms with van der Waals surface area (Å²) >= 11 is 0. The van der Waals surface area contributed by atoms with Gasteiger partial charge in [0.15, 0.2) is 0 Å². The minimum atomic E-state index is 0.267. The van der Waals surface area contributed by atoms with E-state index in [-0.39, 0.29) is 6.61 Å². The number of likely N-dealkylation sites (tertiary alicyclic amines) is 1. The van der Waals surface area contributed by atoms with Gasteiger partial charge < -0.3 is 10.4 Å². The largest absolute Gasteiger partial charge is 0.395 e. The fourth-order valence-electron chi connectivity index (χ4n) is 2.58. The number of nitrogens with zero attached hydrogens (tertiary/aromatic N) is 3. The molecular weight excluding hydrogens is 240 g/mol. The van der Waals surface area contributed by atoms with Crippen LogP contribution < -0.4 is 5.32 Å². The first kappa shape index (κ1) is 14.2. The van der Waals surface area contributed by atoms with E-state index in [2.05, 4.69) is 20.2 Å². The molecule has 1 unspecified atom stereocenters. The highest BCUT2D eigenvalue weighted by atomic mass is 16.3. The zero-order valence-electron chi connectivity index (χ0n) is 11.9. The zero-order chi connectivity index (χ0) is 13.7. The van der Waals surface area contributed by atoms with Crippen LogP contribution in [0.15, 0.2) is 6.20 Å². The van der Waals surface area contributed by atoms with E-state index < -0.39 is 0 Å². The van der Waals surface area contributed by atoms with Gasteiger partial charge in [-0.15, -0.1) is 0 Å². The highest BCUT2D eigenvalue weighted by Gasteiger charge is 2.20. The van der Waals surface area contributed by atoms with Gasteiger partial charge in [-0.1, -0.05) is 6.42 Å². The Kier molecular flexibility index (Phi) is 5.10. The number of aliphatic hydroxyl groups is 1. The van der Waals surface area contributed by atoms with Crippen LogP contribution in [0.25, 0.3) is 0 Å². The van der Waals surface area contributed by atoms with Crippen molar-refractivity contribution in [3.63, 3.8) is 0 Å². The first-order valence-corrected chi connectivity index (χ1v) is 7.09. The highest BCUT2D eigenvalue weighted by molar-refractivity contribution is 5.39. The first-order valence-electron chi connectivity index (χ1n) is 7.09. The van der Waals surface area contributed by atoms with E-state index in [9.17, 15) is 5.11 Å². The molecule has 1 aliphatic rings. The summed E-state index contributed by atoms with van der Waals surface area (Å²) in [6, 6.07) is 0.334. The van der Waals surface area contributed by atoms with E-state index in [0.29, 0.717) is 6.04 Å². The molecule has 1 saturated heterocycles. The SMILES string of the molecule is Cc1cnc(C)c(NCCN2CCCCC2CO)n1. The second-order valence-electron chi connectivity index (χ2n) is 5.24. The molecule has 0 amide bonds. The molecule has 1 aliphatic heterocycles. The maximum absolute atomic E-state index is 9.37. The fourth-order valence-corrected chi connectivity index (χ4v) is 2.58. The Hall–Kier alpha value is -1.20. The Morgan fingerprint density at radius 1 is 1.42 bits per heavy atom. The molecule has 0 aliphatic carbocycles. The Balaban J connectivity index is 1.83. The third-order valence-corrected chi connectivity index (χ3v) is 3.73. The van der Waals surface area contributed by atoms with Gasteiger partial charge in [-0.05, 0) is 33.2 Å². The summed E-state index contributed by atoms with van der Waals surface area (Å²) in [5.74, 6) is 0.873. The number of hydrogen-bond donors (Lipinski definition) is 2. The van der Waals surface area contributed by atoms with E-state index in [0.717, 1.165) is 43.3 Å². The van der Waals surface area contributed by atoms with Crippen LogP contribution in [0.4, 0.5) is 5.82 Å².